The Hall–Kier alpha value is -1.20. The highest BCUT2D eigenvalue weighted by molar-refractivity contribution is 9.10. The average Bonchev–Trinajstić information content (AvgIpc) is 2.40. The molecule has 1 aromatic heterocycles. The summed E-state index contributed by atoms with van der Waals surface area (Å²) in [7, 11) is 0. The minimum Gasteiger partial charge on any atom is -0.303 e. The van der Waals surface area contributed by atoms with E-state index in [1.54, 1.807) is 0 Å². The summed E-state index contributed by atoms with van der Waals surface area (Å²) in [6.07, 6.45) is 0.983. The molecule has 100 valence electrons. The third-order valence-electron chi connectivity index (χ3n) is 3.96. The third-order valence-corrected chi connectivity index (χ3v) is 4.45. The van der Waals surface area contributed by atoms with Crippen LogP contribution in [0.1, 0.15) is 26.1 Å². The second-order valence-corrected chi connectivity index (χ2v) is 6.26. The lowest BCUT2D eigenvalue weighted by atomic mass is 9.96. The van der Waals surface area contributed by atoms with E-state index in [2.05, 4.69) is 40.1 Å². The predicted octanol–water partition coefficient (Wildman–Crippen LogP) is 2.43. The second kappa shape index (κ2) is 4.42. The fourth-order valence-electron chi connectivity index (χ4n) is 2.47. The van der Waals surface area contributed by atoms with E-state index in [0.29, 0.717) is 18.5 Å². The normalized spacial score (nSPS) is 22.5. The number of aromatic nitrogens is 2. The van der Waals surface area contributed by atoms with Crippen LogP contribution >= 0.6 is 15.9 Å². The van der Waals surface area contributed by atoms with Gasteiger partial charge in [-0.2, -0.15) is 0 Å². The molecule has 0 aliphatic carbocycles. The molecule has 1 atom stereocenters. The summed E-state index contributed by atoms with van der Waals surface area (Å²) in [6.45, 7) is 5.60. The van der Waals surface area contributed by atoms with Gasteiger partial charge in [0.1, 0.15) is 5.82 Å². The van der Waals surface area contributed by atoms with Gasteiger partial charge in [0.15, 0.2) is 0 Å². The summed E-state index contributed by atoms with van der Waals surface area (Å²) >= 11 is 3.42. The summed E-state index contributed by atoms with van der Waals surface area (Å²) < 4.78 is 2.76. The Morgan fingerprint density at radius 3 is 3.05 bits per heavy atom. The average molecular weight is 322 g/mol. The van der Waals surface area contributed by atoms with E-state index >= 15 is 0 Å². The van der Waals surface area contributed by atoms with E-state index in [4.69, 9.17) is 0 Å². The van der Waals surface area contributed by atoms with Gasteiger partial charge < -0.3 is 5.32 Å². The van der Waals surface area contributed by atoms with Gasteiger partial charge in [0.05, 0.1) is 17.4 Å². The molecule has 0 radical (unpaired) electrons. The van der Waals surface area contributed by atoms with E-state index in [0.717, 1.165) is 22.2 Å². The van der Waals surface area contributed by atoms with E-state index in [1.807, 2.05) is 22.8 Å². The zero-order valence-corrected chi connectivity index (χ0v) is 12.6. The number of rotatable bonds is 1. The number of nitrogens with one attached hydrogen (secondary N) is 1. The van der Waals surface area contributed by atoms with Crippen LogP contribution in [0.4, 0.5) is 0 Å². The van der Waals surface area contributed by atoms with Crippen molar-refractivity contribution in [3.8, 4) is 0 Å². The van der Waals surface area contributed by atoms with Gasteiger partial charge in [-0.25, -0.2) is 4.98 Å². The van der Waals surface area contributed by atoms with Crippen LogP contribution in [0.15, 0.2) is 27.5 Å². The number of nitrogens with zero attached hydrogens (tertiary/aromatic N) is 2. The standard InChI is InChI=1S/C14H16BrN3O/c1-3-14(2)8-18-12(7-16-14)17-11-6-9(15)4-5-10(11)13(18)19/h4-6,16H,3,7-8H2,1-2H3. The summed E-state index contributed by atoms with van der Waals surface area (Å²) in [5.74, 6) is 0.821. The fraction of sp³-hybridized carbons (Fsp3) is 0.429. The molecule has 2 aromatic rings. The molecule has 1 aliphatic rings. The Kier molecular flexibility index (Phi) is 2.98. The number of hydrogen-bond donors (Lipinski definition) is 1. The molecular weight excluding hydrogens is 306 g/mol. The minimum absolute atomic E-state index is 0.0262. The van der Waals surface area contributed by atoms with Crippen LogP contribution in [0, 0.1) is 0 Å². The molecule has 5 heteroatoms. The molecule has 0 bridgehead atoms. The Morgan fingerprint density at radius 2 is 2.32 bits per heavy atom. The van der Waals surface area contributed by atoms with Crippen LogP contribution in [0.5, 0.6) is 0 Å². The third kappa shape index (κ3) is 2.11. The molecule has 1 aliphatic heterocycles. The van der Waals surface area contributed by atoms with Gasteiger partial charge in [0, 0.05) is 16.6 Å². The second-order valence-electron chi connectivity index (χ2n) is 5.35. The number of fused-ring (bicyclic) bond motifs is 2. The van der Waals surface area contributed by atoms with E-state index in [-0.39, 0.29) is 11.1 Å². The SMILES string of the molecule is CCC1(C)Cn2c(nc3cc(Br)ccc3c2=O)CN1. The lowest BCUT2D eigenvalue weighted by molar-refractivity contribution is 0.250. The fourth-order valence-corrected chi connectivity index (χ4v) is 2.82. The number of hydrogen-bond acceptors (Lipinski definition) is 3. The van der Waals surface area contributed by atoms with Gasteiger partial charge in [0.2, 0.25) is 0 Å². The van der Waals surface area contributed by atoms with Crippen molar-refractivity contribution < 1.29 is 0 Å². The number of halogens is 1. The van der Waals surface area contributed by atoms with Crippen molar-refractivity contribution in [2.45, 2.75) is 38.9 Å². The molecule has 0 fully saturated rings. The summed E-state index contributed by atoms with van der Waals surface area (Å²) in [4.78, 5) is 17.2. The smallest absolute Gasteiger partial charge is 0.261 e. The van der Waals surface area contributed by atoms with E-state index < -0.39 is 0 Å². The zero-order chi connectivity index (χ0) is 13.6. The molecule has 0 saturated carbocycles. The summed E-state index contributed by atoms with van der Waals surface area (Å²) in [5.41, 5.74) is 0.794. The molecule has 1 unspecified atom stereocenters. The van der Waals surface area contributed by atoms with Crippen molar-refractivity contribution in [3.63, 3.8) is 0 Å². The number of benzene rings is 1. The molecule has 4 nitrogen and oxygen atoms in total. The first kappa shape index (κ1) is 12.8. The maximum Gasteiger partial charge on any atom is 0.261 e. The molecule has 19 heavy (non-hydrogen) atoms. The van der Waals surface area contributed by atoms with Gasteiger partial charge in [-0.15, -0.1) is 0 Å². The lowest BCUT2D eigenvalue weighted by Crippen LogP contribution is -2.52. The highest BCUT2D eigenvalue weighted by Gasteiger charge is 2.29. The Labute approximate surface area is 120 Å². The van der Waals surface area contributed by atoms with Crippen LogP contribution in [0.2, 0.25) is 0 Å². The first-order valence-corrected chi connectivity index (χ1v) is 7.26. The van der Waals surface area contributed by atoms with Crippen molar-refractivity contribution in [2.75, 3.05) is 0 Å². The van der Waals surface area contributed by atoms with Crippen LogP contribution in [-0.4, -0.2) is 15.1 Å². The Balaban J connectivity index is 2.23. The van der Waals surface area contributed by atoms with Gasteiger partial charge in [0.25, 0.3) is 5.56 Å². The monoisotopic (exact) mass is 321 g/mol. The largest absolute Gasteiger partial charge is 0.303 e. The van der Waals surface area contributed by atoms with Gasteiger partial charge in [-0.1, -0.05) is 22.9 Å². The highest BCUT2D eigenvalue weighted by Crippen LogP contribution is 2.21. The van der Waals surface area contributed by atoms with E-state index in [1.165, 1.54) is 0 Å². The molecule has 0 spiro atoms. The van der Waals surface area contributed by atoms with Crippen LogP contribution in [-0.2, 0) is 13.1 Å². The Bertz CT molecular complexity index is 710. The van der Waals surface area contributed by atoms with Crippen molar-refractivity contribution >= 4 is 26.8 Å². The molecule has 1 aromatic carbocycles. The molecule has 0 amide bonds. The maximum atomic E-state index is 12.6. The van der Waals surface area contributed by atoms with Crippen molar-refractivity contribution in [1.82, 2.24) is 14.9 Å². The topological polar surface area (TPSA) is 46.9 Å². The van der Waals surface area contributed by atoms with Crippen molar-refractivity contribution in [3.05, 3.63) is 38.9 Å². The van der Waals surface area contributed by atoms with Crippen LogP contribution in [0.3, 0.4) is 0 Å². The minimum atomic E-state index is -0.0262. The van der Waals surface area contributed by atoms with Gasteiger partial charge in [-0.3, -0.25) is 9.36 Å². The quantitative estimate of drug-likeness (QED) is 0.877. The maximum absolute atomic E-state index is 12.6. The predicted molar refractivity (Wildman–Crippen MR) is 79.2 cm³/mol. The summed E-state index contributed by atoms with van der Waals surface area (Å²) in [5, 5.41) is 4.16. The molecule has 2 heterocycles. The molecule has 1 N–H and O–H groups in total. The Morgan fingerprint density at radius 1 is 1.53 bits per heavy atom. The van der Waals surface area contributed by atoms with E-state index in [9.17, 15) is 4.79 Å². The first-order valence-electron chi connectivity index (χ1n) is 6.46. The van der Waals surface area contributed by atoms with Crippen LogP contribution in [0.25, 0.3) is 10.9 Å². The van der Waals surface area contributed by atoms with Crippen LogP contribution < -0.4 is 10.9 Å². The summed E-state index contributed by atoms with van der Waals surface area (Å²) in [6, 6.07) is 5.62. The van der Waals surface area contributed by atoms with Crippen molar-refractivity contribution in [1.29, 1.82) is 0 Å². The zero-order valence-electron chi connectivity index (χ0n) is 11.0. The molecule has 0 saturated heterocycles. The molecule has 3 rings (SSSR count). The van der Waals surface area contributed by atoms with Gasteiger partial charge >= 0.3 is 0 Å². The lowest BCUT2D eigenvalue weighted by Gasteiger charge is -2.35. The highest BCUT2D eigenvalue weighted by atomic mass is 79.9. The molecular formula is C14H16BrN3O. The first-order chi connectivity index (χ1) is 9.02. The van der Waals surface area contributed by atoms with Gasteiger partial charge in [-0.05, 0) is 31.5 Å². The van der Waals surface area contributed by atoms with Crippen molar-refractivity contribution in [2.24, 2.45) is 0 Å².